The zero-order valence-electron chi connectivity index (χ0n) is 30.2. The van der Waals surface area contributed by atoms with Crippen LogP contribution >= 0.6 is 34.4 Å². The Morgan fingerprint density at radius 3 is 1.39 bits per heavy atom. The van der Waals surface area contributed by atoms with E-state index in [1.54, 1.807) is 46.9 Å². The number of halogens is 4. The summed E-state index contributed by atoms with van der Waals surface area (Å²) in [5, 5.41) is 0. The van der Waals surface area contributed by atoms with Gasteiger partial charge < -0.3 is 9.47 Å². The van der Waals surface area contributed by atoms with Crippen molar-refractivity contribution in [3.63, 3.8) is 0 Å². The van der Waals surface area contributed by atoms with Gasteiger partial charge in [-0.1, -0.05) is 45.2 Å². The van der Waals surface area contributed by atoms with Crippen molar-refractivity contribution in [2.45, 2.75) is 83.9 Å². The molecule has 54 heavy (non-hydrogen) atoms. The molecule has 0 aliphatic heterocycles. The van der Waals surface area contributed by atoms with E-state index >= 15 is 8.78 Å². The van der Waals surface area contributed by atoms with Gasteiger partial charge in [-0.3, -0.25) is 0 Å². The molecule has 6 aromatic rings. The minimum absolute atomic E-state index is 0.173. The lowest BCUT2D eigenvalue weighted by atomic mass is 9.80. The van der Waals surface area contributed by atoms with E-state index in [0.29, 0.717) is 37.5 Å². The standard InChI is InChI=1S/C43H42F4N2O2S3/c1-3-27-6-14-31(15-7-27)43(46,47)51-33-18-10-29(11-19-33)37-23-25-39(53-37)35-21-20-34(40-41(35)49-54-48-40)38-24-22-36(52-38)28-8-16-32(17-9-28)50-42(44,45)30-12-4-26(2)5-13-30/h8-11,16-27,30-31H,3-7,12-15H2,1-2H3. The van der Waals surface area contributed by atoms with Crippen LogP contribution in [0.5, 0.6) is 11.5 Å². The van der Waals surface area contributed by atoms with Gasteiger partial charge in [-0.25, -0.2) is 0 Å². The second-order valence-electron chi connectivity index (χ2n) is 14.9. The van der Waals surface area contributed by atoms with Crippen LogP contribution in [-0.4, -0.2) is 21.0 Å². The van der Waals surface area contributed by atoms with E-state index in [4.69, 9.17) is 9.47 Å². The van der Waals surface area contributed by atoms with Crippen molar-refractivity contribution >= 4 is 45.4 Å². The first kappa shape index (κ1) is 37.1. The second-order valence-corrected chi connectivity index (χ2v) is 17.6. The molecular formula is C43H42F4N2O2S3. The highest BCUT2D eigenvalue weighted by atomic mass is 32.1. The first-order valence-corrected chi connectivity index (χ1v) is 21.2. The number of alkyl halides is 4. The Morgan fingerprint density at radius 2 is 0.963 bits per heavy atom. The maximum Gasteiger partial charge on any atom is 0.400 e. The van der Waals surface area contributed by atoms with Crippen molar-refractivity contribution in [2.24, 2.45) is 23.7 Å². The fourth-order valence-electron chi connectivity index (χ4n) is 7.90. The highest BCUT2D eigenvalue weighted by Crippen LogP contribution is 2.45. The number of hydrogen-bond acceptors (Lipinski definition) is 7. The largest absolute Gasteiger partial charge is 0.432 e. The van der Waals surface area contributed by atoms with Crippen molar-refractivity contribution in [3.05, 3.63) is 84.9 Å². The number of thiophene rings is 2. The fourth-order valence-corrected chi connectivity index (χ4v) is 10.5. The van der Waals surface area contributed by atoms with Gasteiger partial charge in [0.2, 0.25) is 0 Å². The van der Waals surface area contributed by atoms with Crippen LogP contribution in [0.25, 0.3) is 52.8 Å². The molecule has 0 N–H and O–H groups in total. The van der Waals surface area contributed by atoms with E-state index in [2.05, 4.69) is 46.9 Å². The zero-order chi connectivity index (χ0) is 37.5. The second kappa shape index (κ2) is 15.4. The third kappa shape index (κ3) is 7.82. The van der Waals surface area contributed by atoms with Gasteiger partial charge in [0.05, 0.1) is 23.6 Å². The number of fused-ring (bicyclic) bond motifs is 1. The molecule has 0 unspecified atom stereocenters. The Kier molecular flexibility index (Phi) is 10.6. The molecule has 0 saturated heterocycles. The number of aromatic nitrogens is 2. The van der Waals surface area contributed by atoms with Crippen molar-refractivity contribution in [3.8, 4) is 53.3 Å². The summed E-state index contributed by atoms with van der Waals surface area (Å²) in [5.74, 6) is -0.108. The molecule has 3 aromatic heterocycles. The third-order valence-electron chi connectivity index (χ3n) is 11.3. The highest BCUT2D eigenvalue weighted by Gasteiger charge is 2.44. The predicted octanol–water partition coefficient (Wildman–Crippen LogP) is 14.5. The molecule has 0 spiro atoms. The van der Waals surface area contributed by atoms with Crippen molar-refractivity contribution < 1.29 is 27.0 Å². The lowest BCUT2D eigenvalue weighted by molar-refractivity contribution is -0.224. The molecule has 0 amide bonds. The molecule has 4 nitrogen and oxygen atoms in total. The topological polar surface area (TPSA) is 44.2 Å². The van der Waals surface area contributed by atoms with Crippen molar-refractivity contribution in [2.75, 3.05) is 0 Å². The maximum atomic E-state index is 15.0. The van der Waals surface area contributed by atoms with Gasteiger partial charge in [-0.2, -0.15) is 26.3 Å². The van der Waals surface area contributed by atoms with Gasteiger partial charge in [0.1, 0.15) is 22.5 Å². The number of ether oxygens (including phenoxy) is 2. The van der Waals surface area contributed by atoms with E-state index in [1.165, 1.54) is 11.7 Å². The van der Waals surface area contributed by atoms with E-state index in [1.807, 2.05) is 36.4 Å². The maximum absolute atomic E-state index is 15.0. The monoisotopic (exact) mass is 790 g/mol. The van der Waals surface area contributed by atoms with Crippen LogP contribution in [0.15, 0.2) is 84.9 Å². The van der Waals surface area contributed by atoms with Crippen molar-refractivity contribution in [1.82, 2.24) is 8.75 Å². The van der Waals surface area contributed by atoms with E-state index < -0.39 is 24.1 Å². The Bertz CT molecular complexity index is 2180. The van der Waals surface area contributed by atoms with Gasteiger partial charge >= 0.3 is 12.2 Å². The van der Waals surface area contributed by atoms with E-state index in [0.717, 1.165) is 84.9 Å². The summed E-state index contributed by atoms with van der Waals surface area (Å²) < 4.78 is 79.7. The molecule has 11 heteroatoms. The SMILES string of the molecule is CCC1CCC(C(F)(F)Oc2ccc(-c3ccc(-c4ccc(-c5ccc(-c6ccc(OC(F)(F)C7CCC(C)CC7)cc6)s5)c5nsnc45)s3)cc2)CC1. The Labute approximate surface area is 325 Å². The minimum atomic E-state index is -3.18. The van der Waals surface area contributed by atoms with Gasteiger partial charge in [0, 0.05) is 30.6 Å². The number of benzene rings is 3. The van der Waals surface area contributed by atoms with E-state index in [-0.39, 0.29) is 11.5 Å². The van der Waals surface area contributed by atoms with Gasteiger partial charge in [0.15, 0.2) is 0 Å². The molecule has 0 bridgehead atoms. The molecular weight excluding hydrogens is 749 g/mol. The van der Waals surface area contributed by atoms with Crippen LogP contribution in [-0.2, 0) is 0 Å². The highest BCUT2D eigenvalue weighted by molar-refractivity contribution is 7.19. The van der Waals surface area contributed by atoms with Gasteiger partial charge in [-0.05, 0) is 134 Å². The summed E-state index contributed by atoms with van der Waals surface area (Å²) in [6.07, 6.45) is -0.0699. The molecule has 3 heterocycles. The predicted molar refractivity (Wildman–Crippen MR) is 213 cm³/mol. The normalized spacial score (nSPS) is 21.0. The quantitative estimate of drug-likeness (QED) is 0.123. The summed E-state index contributed by atoms with van der Waals surface area (Å²) in [7, 11) is 0. The summed E-state index contributed by atoms with van der Waals surface area (Å²) in [6.45, 7) is 4.24. The molecule has 2 fully saturated rings. The summed E-state index contributed by atoms with van der Waals surface area (Å²) >= 11 is 4.39. The summed E-state index contributed by atoms with van der Waals surface area (Å²) in [5.41, 5.74) is 5.43. The molecule has 3 aromatic carbocycles. The number of hydrogen-bond donors (Lipinski definition) is 0. The Balaban J connectivity index is 0.945. The minimum Gasteiger partial charge on any atom is -0.432 e. The van der Waals surface area contributed by atoms with Crippen LogP contribution in [0.1, 0.15) is 71.6 Å². The number of rotatable bonds is 11. The molecule has 8 rings (SSSR count). The Morgan fingerprint density at radius 1 is 0.556 bits per heavy atom. The Hall–Kier alpha value is -3.80. The number of nitrogens with zero attached hydrogens (tertiary/aromatic N) is 2. The van der Waals surface area contributed by atoms with Crippen LogP contribution in [0, 0.1) is 23.7 Å². The van der Waals surface area contributed by atoms with Crippen LogP contribution in [0.4, 0.5) is 17.6 Å². The first-order chi connectivity index (χ1) is 26.1. The van der Waals surface area contributed by atoms with Gasteiger partial charge in [-0.15, -0.1) is 22.7 Å². The average Bonchev–Trinajstić information content (AvgIpc) is 3.97. The molecule has 2 aliphatic carbocycles. The van der Waals surface area contributed by atoms with Gasteiger partial charge in [0.25, 0.3) is 0 Å². The van der Waals surface area contributed by atoms with Crippen LogP contribution < -0.4 is 9.47 Å². The zero-order valence-corrected chi connectivity index (χ0v) is 32.7. The van der Waals surface area contributed by atoms with Crippen LogP contribution in [0.3, 0.4) is 0 Å². The van der Waals surface area contributed by atoms with E-state index in [9.17, 15) is 8.78 Å². The fraction of sp³-hybridized carbons (Fsp3) is 0.395. The summed E-state index contributed by atoms with van der Waals surface area (Å²) in [6, 6.07) is 26.2. The first-order valence-electron chi connectivity index (χ1n) is 18.9. The molecule has 2 aliphatic rings. The lowest BCUT2D eigenvalue weighted by Gasteiger charge is -2.32. The molecule has 282 valence electrons. The average molecular weight is 791 g/mol. The lowest BCUT2D eigenvalue weighted by Crippen LogP contribution is -2.37. The third-order valence-corrected chi connectivity index (χ3v) is 14.2. The van der Waals surface area contributed by atoms with Crippen molar-refractivity contribution in [1.29, 1.82) is 0 Å². The molecule has 0 radical (unpaired) electrons. The molecule has 0 atom stereocenters. The van der Waals surface area contributed by atoms with Crippen LogP contribution in [0.2, 0.25) is 0 Å². The molecule has 2 saturated carbocycles. The summed E-state index contributed by atoms with van der Waals surface area (Å²) in [4.78, 5) is 4.07. The smallest absolute Gasteiger partial charge is 0.400 e.